The number of aliphatic hydroxyl groups is 1. The van der Waals surface area contributed by atoms with E-state index in [1.54, 1.807) is 0 Å². The van der Waals surface area contributed by atoms with E-state index in [4.69, 9.17) is 0 Å². The zero-order valence-corrected chi connectivity index (χ0v) is 9.79. The second-order valence-corrected chi connectivity index (χ2v) is 3.80. The van der Waals surface area contributed by atoms with E-state index in [2.05, 4.69) is 25.2 Å². The molecule has 0 aliphatic rings. The van der Waals surface area contributed by atoms with Crippen molar-refractivity contribution in [1.29, 1.82) is 0 Å². The molecule has 0 bridgehead atoms. The van der Waals surface area contributed by atoms with Gasteiger partial charge in [0.1, 0.15) is 0 Å². The minimum Gasteiger partial charge on any atom is -0.394 e. The Hall–Kier alpha value is -0.500. The number of hydrogen-bond acceptors (Lipinski definition) is 2. The van der Waals surface area contributed by atoms with Gasteiger partial charge in [0.05, 0.1) is 6.10 Å². The lowest BCUT2D eigenvalue weighted by Gasteiger charge is -2.19. The highest BCUT2D eigenvalue weighted by Crippen LogP contribution is 2.18. The van der Waals surface area contributed by atoms with Crippen LogP contribution in [0.5, 0.6) is 0 Å². The monoisotopic (exact) mass is 199 g/mol. The van der Waals surface area contributed by atoms with Crippen molar-refractivity contribution in [1.82, 2.24) is 5.32 Å². The summed E-state index contributed by atoms with van der Waals surface area (Å²) in [6, 6.07) is 0. The topological polar surface area (TPSA) is 32.3 Å². The van der Waals surface area contributed by atoms with E-state index >= 15 is 0 Å². The van der Waals surface area contributed by atoms with Gasteiger partial charge in [0.15, 0.2) is 0 Å². The molecule has 0 aromatic carbocycles. The number of allylic oxidation sites excluding steroid dienone is 1. The van der Waals surface area contributed by atoms with Crippen molar-refractivity contribution in [2.24, 2.45) is 5.92 Å². The summed E-state index contributed by atoms with van der Waals surface area (Å²) in [5.41, 5.74) is 0. The molecule has 14 heavy (non-hydrogen) atoms. The van der Waals surface area contributed by atoms with Gasteiger partial charge >= 0.3 is 0 Å². The molecule has 0 spiro atoms. The molecule has 0 saturated carbocycles. The van der Waals surface area contributed by atoms with E-state index in [0.717, 1.165) is 25.7 Å². The minimum absolute atomic E-state index is 0.124. The van der Waals surface area contributed by atoms with Crippen LogP contribution in [0.25, 0.3) is 0 Å². The highest BCUT2D eigenvalue weighted by Gasteiger charge is 2.14. The quantitative estimate of drug-likeness (QED) is 0.630. The average Bonchev–Trinajstić information content (AvgIpc) is 2.21. The summed E-state index contributed by atoms with van der Waals surface area (Å²) < 4.78 is 0. The van der Waals surface area contributed by atoms with Crippen molar-refractivity contribution in [3.05, 3.63) is 12.3 Å². The zero-order chi connectivity index (χ0) is 10.8. The molecule has 0 rings (SSSR count). The van der Waals surface area contributed by atoms with Crippen LogP contribution in [0.15, 0.2) is 12.3 Å². The van der Waals surface area contributed by atoms with Crippen LogP contribution < -0.4 is 5.32 Å². The Morgan fingerprint density at radius 2 is 2.07 bits per heavy atom. The fourth-order valence-electron chi connectivity index (χ4n) is 1.61. The summed E-state index contributed by atoms with van der Waals surface area (Å²) in [5.74, 6) is 0.422. The largest absolute Gasteiger partial charge is 0.394 e. The van der Waals surface area contributed by atoms with Crippen molar-refractivity contribution in [3.63, 3.8) is 0 Å². The van der Waals surface area contributed by atoms with Crippen LogP contribution in [-0.4, -0.2) is 18.3 Å². The lowest BCUT2D eigenvalue weighted by atomic mass is 9.92. The van der Waals surface area contributed by atoms with Crippen LogP contribution in [0.4, 0.5) is 0 Å². The summed E-state index contributed by atoms with van der Waals surface area (Å²) in [4.78, 5) is 0. The van der Waals surface area contributed by atoms with E-state index in [-0.39, 0.29) is 6.10 Å². The molecule has 0 aliphatic heterocycles. The first kappa shape index (κ1) is 13.5. The molecule has 0 fully saturated rings. The van der Waals surface area contributed by atoms with Crippen molar-refractivity contribution >= 4 is 0 Å². The molecule has 2 unspecified atom stereocenters. The fourth-order valence-corrected chi connectivity index (χ4v) is 1.61. The Labute approximate surface area is 88.4 Å². The standard InChI is InChI=1S/C12H25NO/c1-4-6-9-12(14)11(5-2)8-7-10-13-3/h7,10-14H,4-6,8-9H2,1-3H3/b10-7-. The molecule has 0 amide bonds. The molecule has 2 heteroatoms. The van der Waals surface area contributed by atoms with Crippen LogP contribution in [-0.2, 0) is 0 Å². The lowest BCUT2D eigenvalue weighted by Crippen LogP contribution is -2.19. The normalized spacial score (nSPS) is 15.7. The first-order valence-corrected chi connectivity index (χ1v) is 5.76. The van der Waals surface area contributed by atoms with E-state index in [1.165, 1.54) is 6.42 Å². The van der Waals surface area contributed by atoms with Gasteiger partial charge in [-0.3, -0.25) is 0 Å². The molecular formula is C12H25NO. The van der Waals surface area contributed by atoms with Crippen LogP contribution >= 0.6 is 0 Å². The van der Waals surface area contributed by atoms with Gasteiger partial charge in [-0.1, -0.05) is 39.2 Å². The first-order valence-electron chi connectivity index (χ1n) is 5.76. The average molecular weight is 199 g/mol. The van der Waals surface area contributed by atoms with Crippen molar-refractivity contribution in [3.8, 4) is 0 Å². The van der Waals surface area contributed by atoms with E-state index in [0.29, 0.717) is 5.92 Å². The van der Waals surface area contributed by atoms with Gasteiger partial charge in [-0.05, 0) is 25.0 Å². The third-order valence-corrected chi connectivity index (χ3v) is 2.65. The van der Waals surface area contributed by atoms with Gasteiger partial charge in [-0.2, -0.15) is 0 Å². The maximum Gasteiger partial charge on any atom is 0.0571 e. The van der Waals surface area contributed by atoms with Crippen molar-refractivity contribution in [2.75, 3.05) is 7.05 Å². The van der Waals surface area contributed by atoms with Gasteiger partial charge in [0.25, 0.3) is 0 Å². The Balaban J connectivity index is 3.79. The molecule has 0 heterocycles. The molecule has 2 atom stereocenters. The number of nitrogens with one attached hydrogen (secondary N) is 1. The molecule has 0 radical (unpaired) electrons. The molecule has 2 nitrogen and oxygen atoms in total. The zero-order valence-electron chi connectivity index (χ0n) is 9.79. The Morgan fingerprint density at radius 3 is 2.57 bits per heavy atom. The smallest absolute Gasteiger partial charge is 0.0571 e. The lowest BCUT2D eigenvalue weighted by molar-refractivity contribution is 0.0953. The first-order chi connectivity index (χ1) is 6.76. The van der Waals surface area contributed by atoms with Gasteiger partial charge in [-0.25, -0.2) is 0 Å². The van der Waals surface area contributed by atoms with Gasteiger partial charge in [0, 0.05) is 7.05 Å². The summed E-state index contributed by atoms with van der Waals surface area (Å²) >= 11 is 0. The molecule has 0 aliphatic carbocycles. The van der Waals surface area contributed by atoms with Crippen molar-refractivity contribution in [2.45, 2.75) is 52.1 Å². The highest BCUT2D eigenvalue weighted by atomic mass is 16.3. The Morgan fingerprint density at radius 1 is 1.36 bits per heavy atom. The van der Waals surface area contributed by atoms with Gasteiger partial charge in [-0.15, -0.1) is 0 Å². The van der Waals surface area contributed by atoms with E-state index in [1.807, 2.05) is 13.2 Å². The van der Waals surface area contributed by atoms with Crippen LogP contribution in [0.1, 0.15) is 46.0 Å². The maximum atomic E-state index is 9.89. The highest BCUT2D eigenvalue weighted by molar-refractivity contribution is 4.83. The van der Waals surface area contributed by atoms with E-state index in [9.17, 15) is 5.11 Å². The molecule has 84 valence electrons. The molecule has 0 aromatic rings. The third-order valence-electron chi connectivity index (χ3n) is 2.65. The van der Waals surface area contributed by atoms with Crippen LogP contribution in [0, 0.1) is 5.92 Å². The molecule has 0 saturated heterocycles. The minimum atomic E-state index is -0.124. The molecule has 0 aromatic heterocycles. The van der Waals surface area contributed by atoms with Gasteiger partial charge < -0.3 is 10.4 Å². The summed E-state index contributed by atoms with van der Waals surface area (Å²) in [7, 11) is 1.89. The second kappa shape index (κ2) is 9.07. The second-order valence-electron chi connectivity index (χ2n) is 3.80. The Kier molecular flexibility index (Phi) is 8.75. The van der Waals surface area contributed by atoms with Gasteiger partial charge in [0.2, 0.25) is 0 Å². The third kappa shape index (κ3) is 6.03. The fraction of sp³-hybridized carbons (Fsp3) is 0.833. The summed E-state index contributed by atoms with van der Waals surface area (Å²) in [6.07, 6.45) is 9.19. The number of aliphatic hydroxyl groups excluding tert-OH is 1. The number of unbranched alkanes of at least 4 members (excludes halogenated alkanes) is 1. The summed E-state index contributed by atoms with van der Waals surface area (Å²) in [6.45, 7) is 4.31. The maximum absolute atomic E-state index is 9.89. The molecule has 2 N–H and O–H groups in total. The predicted octanol–water partition coefficient (Wildman–Crippen LogP) is 2.69. The summed E-state index contributed by atoms with van der Waals surface area (Å²) in [5, 5.41) is 12.9. The molecular weight excluding hydrogens is 174 g/mol. The predicted molar refractivity (Wildman–Crippen MR) is 62.1 cm³/mol. The van der Waals surface area contributed by atoms with Crippen molar-refractivity contribution < 1.29 is 5.11 Å². The Bertz CT molecular complexity index is 145. The van der Waals surface area contributed by atoms with Crippen LogP contribution in [0.2, 0.25) is 0 Å². The SMILES string of the molecule is CCCCC(O)C(CC)C/C=C\NC. The number of hydrogen-bond donors (Lipinski definition) is 2. The number of rotatable bonds is 8. The van der Waals surface area contributed by atoms with E-state index < -0.39 is 0 Å². The van der Waals surface area contributed by atoms with Crippen LogP contribution in [0.3, 0.4) is 0 Å².